The Bertz CT molecular complexity index is 1490. The number of imidazole rings is 1. The summed E-state index contributed by atoms with van der Waals surface area (Å²) >= 11 is 0. The Morgan fingerprint density at radius 1 is 1.18 bits per heavy atom. The lowest BCUT2D eigenvalue weighted by Gasteiger charge is -2.40. The number of rotatable bonds is 6. The van der Waals surface area contributed by atoms with E-state index < -0.39 is 21.7 Å². The van der Waals surface area contributed by atoms with Crippen molar-refractivity contribution in [3.63, 3.8) is 0 Å². The molecule has 3 fully saturated rings. The van der Waals surface area contributed by atoms with Crippen molar-refractivity contribution < 1.29 is 17.2 Å². The highest BCUT2D eigenvalue weighted by molar-refractivity contribution is 7.88. The fourth-order valence-electron chi connectivity index (χ4n) is 6.78. The maximum atomic E-state index is 13.9. The molecule has 7 nitrogen and oxygen atoms in total. The van der Waals surface area contributed by atoms with Gasteiger partial charge in [0.1, 0.15) is 0 Å². The SMILES string of the molecule is CS(=O)(=O)N1CCC(CN(c2nc3cc(F)c(F)cc3[nH]2)[C@@H]2CC[C@]3(c4cccc(C#N)c4)CC3C2)CC1. The van der Waals surface area contributed by atoms with E-state index in [4.69, 9.17) is 0 Å². The monoisotopic (exact) mass is 539 g/mol. The zero-order valence-electron chi connectivity index (χ0n) is 21.3. The van der Waals surface area contributed by atoms with Crippen molar-refractivity contribution in [2.45, 2.75) is 50.0 Å². The molecule has 1 saturated heterocycles. The highest BCUT2D eigenvalue weighted by Gasteiger charge is 2.58. The van der Waals surface area contributed by atoms with Crippen LogP contribution in [-0.4, -0.2) is 54.6 Å². The van der Waals surface area contributed by atoms with Crippen molar-refractivity contribution >= 4 is 27.0 Å². The molecule has 200 valence electrons. The number of nitrogens with zero attached hydrogens (tertiary/aromatic N) is 4. The van der Waals surface area contributed by atoms with Crippen LogP contribution in [0.4, 0.5) is 14.7 Å². The lowest BCUT2D eigenvalue weighted by atomic mass is 9.79. The summed E-state index contributed by atoms with van der Waals surface area (Å²) in [6, 6.07) is 12.7. The predicted molar refractivity (Wildman–Crippen MR) is 141 cm³/mol. The molecule has 0 bridgehead atoms. The molecule has 1 aliphatic heterocycles. The van der Waals surface area contributed by atoms with Gasteiger partial charge in [-0.2, -0.15) is 5.26 Å². The molecule has 1 unspecified atom stereocenters. The highest BCUT2D eigenvalue weighted by Crippen LogP contribution is 2.63. The summed E-state index contributed by atoms with van der Waals surface area (Å²) in [5.74, 6) is -0.431. The van der Waals surface area contributed by atoms with E-state index in [0.29, 0.717) is 48.1 Å². The van der Waals surface area contributed by atoms with Crippen molar-refractivity contribution in [2.24, 2.45) is 11.8 Å². The van der Waals surface area contributed by atoms with E-state index in [9.17, 15) is 22.5 Å². The fourth-order valence-corrected chi connectivity index (χ4v) is 7.66. The molecule has 3 atom stereocenters. The second kappa shape index (κ2) is 9.31. The van der Waals surface area contributed by atoms with Crippen molar-refractivity contribution in [2.75, 3.05) is 30.8 Å². The fraction of sp³-hybridized carbons (Fsp3) is 0.500. The number of fused-ring (bicyclic) bond motifs is 2. The number of hydrogen-bond acceptors (Lipinski definition) is 5. The van der Waals surface area contributed by atoms with Gasteiger partial charge in [0.05, 0.1) is 28.9 Å². The van der Waals surface area contributed by atoms with E-state index in [2.05, 4.69) is 27.0 Å². The van der Waals surface area contributed by atoms with Gasteiger partial charge in [0.15, 0.2) is 11.6 Å². The Kier molecular flexibility index (Phi) is 6.19. The van der Waals surface area contributed by atoms with Gasteiger partial charge in [0.2, 0.25) is 16.0 Å². The largest absolute Gasteiger partial charge is 0.339 e. The van der Waals surface area contributed by atoms with Crippen molar-refractivity contribution in [3.05, 3.63) is 59.2 Å². The molecule has 6 rings (SSSR count). The van der Waals surface area contributed by atoms with Crippen LogP contribution < -0.4 is 4.90 Å². The van der Waals surface area contributed by atoms with Gasteiger partial charge in [-0.05, 0) is 73.5 Å². The maximum Gasteiger partial charge on any atom is 0.211 e. The lowest BCUT2D eigenvalue weighted by molar-refractivity contribution is 0.264. The summed E-state index contributed by atoms with van der Waals surface area (Å²) in [5.41, 5.74) is 2.90. The van der Waals surface area contributed by atoms with Crippen LogP contribution in [0.15, 0.2) is 36.4 Å². The number of sulfonamides is 1. The second-order valence-corrected chi connectivity index (χ2v) is 13.3. The number of nitrogens with one attached hydrogen (secondary N) is 1. The number of anilines is 1. The summed E-state index contributed by atoms with van der Waals surface area (Å²) in [4.78, 5) is 10.2. The molecule has 2 aromatic carbocycles. The topological polar surface area (TPSA) is 93.1 Å². The van der Waals surface area contributed by atoms with Crippen LogP contribution in [0.3, 0.4) is 0 Å². The van der Waals surface area contributed by atoms with Gasteiger partial charge in [0.25, 0.3) is 0 Å². The number of aromatic nitrogens is 2. The maximum absolute atomic E-state index is 13.9. The van der Waals surface area contributed by atoms with Crippen molar-refractivity contribution in [1.29, 1.82) is 5.26 Å². The van der Waals surface area contributed by atoms with Crippen LogP contribution in [0.1, 0.15) is 49.7 Å². The average Bonchev–Trinajstić information content (AvgIpc) is 3.52. The van der Waals surface area contributed by atoms with E-state index in [1.54, 1.807) is 0 Å². The number of benzene rings is 2. The Morgan fingerprint density at radius 3 is 2.66 bits per heavy atom. The Morgan fingerprint density at radius 2 is 1.95 bits per heavy atom. The van der Waals surface area contributed by atoms with Gasteiger partial charge in [-0.15, -0.1) is 0 Å². The number of piperidine rings is 1. The molecule has 1 aromatic heterocycles. The molecular formula is C28H31F2N5O2S. The molecule has 10 heteroatoms. The molecule has 1 N–H and O–H groups in total. The quantitative estimate of drug-likeness (QED) is 0.490. The molecule has 38 heavy (non-hydrogen) atoms. The molecule has 2 heterocycles. The minimum Gasteiger partial charge on any atom is -0.339 e. The molecule has 3 aliphatic rings. The number of aromatic amines is 1. The second-order valence-electron chi connectivity index (χ2n) is 11.3. The van der Waals surface area contributed by atoms with Crippen LogP contribution >= 0.6 is 0 Å². The first-order valence-electron chi connectivity index (χ1n) is 13.2. The molecule has 3 aromatic rings. The smallest absolute Gasteiger partial charge is 0.211 e. The van der Waals surface area contributed by atoms with Gasteiger partial charge in [-0.1, -0.05) is 12.1 Å². The molecule has 2 aliphatic carbocycles. The van der Waals surface area contributed by atoms with E-state index in [1.807, 2.05) is 18.2 Å². The third-order valence-corrected chi connectivity index (χ3v) is 10.3. The Balaban J connectivity index is 1.25. The van der Waals surface area contributed by atoms with Crippen LogP contribution in [0, 0.1) is 34.8 Å². The first-order valence-corrected chi connectivity index (χ1v) is 15.1. The Hall–Kier alpha value is -3.03. The van der Waals surface area contributed by atoms with Gasteiger partial charge in [-0.25, -0.2) is 26.5 Å². The van der Waals surface area contributed by atoms with E-state index in [-0.39, 0.29) is 17.4 Å². The summed E-state index contributed by atoms with van der Waals surface area (Å²) in [6.45, 7) is 1.70. The van der Waals surface area contributed by atoms with E-state index in [0.717, 1.165) is 50.7 Å². The first-order chi connectivity index (χ1) is 18.2. The van der Waals surface area contributed by atoms with E-state index in [1.165, 1.54) is 16.1 Å². The van der Waals surface area contributed by atoms with Crippen LogP contribution in [0.25, 0.3) is 11.0 Å². The zero-order valence-corrected chi connectivity index (χ0v) is 22.1. The third kappa shape index (κ3) is 4.56. The predicted octanol–water partition coefficient (Wildman–Crippen LogP) is 4.70. The Labute approximate surface area is 221 Å². The van der Waals surface area contributed by atoms with Crippen molar-refractivity contribution in [1.82, 2.24) is 14.3 Å². The van der Waals surface area contributed by atoms with E-state index >= 15 is 0 Å². The number of hydrogen-bond donors (Lipinski definition) is 1. The normalized spacial score (nSPS) is 26.2. The zero-order chi connectivity index (χ0) is 26.7. The number of nitriles is 1. The van der Waals surface area contributed by atoms with Crippen molar-refractivity contribution in [3.8, 4) is 6.07 Å². The molecule has 0 amide bonds. The highest BCUT2D eigenvalue weighted by atomic mass is 32.2. The van der Waals surface area contributed by atoms with Gasteiger partial charge >= 0.3 is 0 Å². The molecule has 0 spiro atoms. The minimum absolute atomic E-state index is 0.121. The minimum atomic E-state index is -3.21. The average molecular weight is 540 g/mol. The van der Waals surface area contributed by atoms with Crippen LogP contribution in [-0.2, 0) is 15.4 Å². The standard InChI is InChI=1S/C28H31F2N5O2S/c1-38(36,37)34-9-6-18(7-10-34)17-35(27-32-25-13-23(29)24(30)14-26(25)33-27)22-5-8-28(15-21(28)12-22)20-4-2-3-19(11-20)16-31/h2-4,11,13-14,18,21-22H,5-10,12,15,17H2,1H3,(H,32,33)/t21?,22-,28-/m1/s1. The van der Waals surface area contributed by atoms with Crippen LogP contribution in [0.5, 0.6) is 0 Å². The van der Waals surface area contributed by atoms with Crippen LogP contribution in [0.2, 0.25) is 0 Å². The summed E-state index contributed by atoms with van der Waals surface area (Å²) < 4.78 is 53.4. The summed E-state index contributed by atoms with van der Waals surface area (Å²) in [5, 5.41) is 9.36. The van der Waals surface area contributed by atoms with Gasteiger partial charge in [-0.3, -0.25) is 0 Å². The molecule has 0 radical (unpaired) electrons. The molecular weight excluding hydrogens is 508 g/mol. The third-order valence-electron chi connectivity index (χ3n) is 9.00. The summed E-state index contributed by atoms with van der Waals surface area (Å²) in [7, 11) is -3.21. The summed E-state index contributed by atoms with van der Waals surface area (Å²) in [6.07, 6.45) is 6.78. The lowest BCUT2D eigenvalue weighted by Crippen LogP contribution is -2.46. The van der Waals surface area contributed by atoms with Gasteiger partial charge < -0.3 is 9.88 Å². The first kappa shape index (κ1) is 25.3. The number of H-pyrrole nitrogens is 1. The molecule has 2 saturated carbocycles. The van der Waals surface area contributed by atoms with Gasteiger partial charge in [0, 0.05) is 37.8 Å². The number of halogens is 2.